The zero-order valence-corrected chi connectivity index (χ0v) is 16.5. The van der Waals surface area contributed by atoms with Crippen molar-refractivity contribution in [3.8, 4) is 11.8 Å². The number of aryl methyl sites for hydroxylation is 2. The molecule has 148 valence electrons. The number of carbonyl (C=O) groups excluding carboxylic acids is 2. The number of aromatic nitrogens is 1. The maximum Gasteiger partial charge on any atom is 0.295 e. The van der Waals surface area contributed by atoms with Crippen LogP contribution in [0.25, 0.3) is 10.9 Å². The molecule has 4 N–H and O–H groups in total. The SMILES string of the molecule is CC#CC(=O)NC[C@H]1CCCC(c2c(F)cc(C(N)=O)c3[nH]c(C)c(C)c23)C1. The van der Waals surface area contributed by atoms with Gasteiger partial charge in [-0.15, -0.1) is 0 Å². The second-order valence-corrected chi connectivity index (χ2v) is 7.62. The predicted molar refractivity (Wildman–Crippen MR) is 107 cm³/mol. The highest BCUT2D eigenvalue weighted by atomic mass is 19.1. The molecule has 1 aliphatic carbocycles. The second-order valence-electron chi connectivity index (χ2n) is 7.62. The number of fused-ring (bicyclic) bond motifs is 1. The summed E-state index contributed by atoms with van der Waals surface area (Å²) >= 11 is 0. The van der Waals surface area contributed by atoms with Crippen molar-refractivity contribution in [3.05, 3.63) is 34.3 Å². The van der Waals surface area contributed by atoms with Gasteiger partial charge in [0.15, 0.2) is 0 Å². The van der Waals surface area contributed by atoms with Gasteiger partial charge in [-0.3, -0.25) is 9.59 Å². The van der Waals surface area contributed by atoms with Crippen molar-refractivity contribution in [1.29, 1.82) is 0 Å². The lowest BCUT2D eigenvalue weighted by Crippen LogP contribution is -2.30. The molecule has 0 bridgehead atoms. The number of nitrogens with one attached hydrogen (secondary N) is 2. The van der Waals surface area contributed by atoms with Gasteiger partial charge in [0.25, 0.3) is 11.8 Å². The van der Waals surface area contributed by atoms with Crippen LogP contribution in [0.15, 0.2) is 6.07 Å². The lowest BCUT2D eigenvalue weighted by molar-refractivity contribution is -0.115. The number of hydrogen-bond donors (Lipinski definition) is 3. The van der Waals surface area contributed by atoms with Crippen molar-refractivity contribution in [1.82, 2.24) is 10.3 Å². The largest absolute Gasteiger partial charge is 0.366 e. The summed E-state index contributed by atoms with van der Waals surface area (Å²) in [6.07, 6.45) is 3.62. The first-order valence-corrected chi connectivity index (χ1v) is 9.65. The van der Waals surface area contributed by atoms with Crippen LogP contribution in [0.1, 0.15) is 65.7 Å². The van der Waals surface area contributed by atoms with E-state index in [0.717, 1.165) is 42.3 Å². The van der Waals surface area contributed by atoms with Crippen LogP contribution in [0.2, 0.25) is 0 Å². The van der Waals surface area contributed by atoms with E-state index in [1.54, 1.807) is 6.92 Å². The Morgan fingerprint density at radius 3 is 2.79 bits per heavy atom. The first kappa shape index (κ1) is 19.9. The van der Waals surface area contributed by atoms with Crippen molar-refractivity contribution in [3.63, 3.8) is 0 Å². The molecule has 1 aromatic carbocycles. The minimum absolute atomic E-state index is 0.0336. The van der Waals surface area contributed by atoms with Crippen LogP contribution in [0.4, 0.5) is 4.39 Å². The number of nitrogens with two attached hydrogens (primary N) is 1. The van der Waals surface area contributed by atoms with Gasteiger partial charge < -0.3 is 16.0 Å². The third-order valence-electron chi connectivity index (χ3n) is 5.81. The molecule has 1 fully saturated rings. The predicted octanol–water partition coefficient (Wildman–Crippen LogP) is 3.44. The van der Waals surface area contributed by atoms with Crippen molar-refractivity contribution < 1.29 is 14.0 Å². The van der Waals surface area contributed by atoms with Crippen molar-refractivity contribution in [2.75, 3.05) is 6.54 Å². The molecule has 1 aromatic heterocycles. The third-order valence-corrected chi connectivity index (χ3v) is 5.81. The summed E-state index contributed by atoms with van der Waals surface area (Å²) in [5.74, 6) is 4.07. The first-order valence-electron chi connectivity index (χ1n) is 9.65. The van der Waals surface area contributed by atoms with Crippen LogP contribution in [-0.2, 0) is 4.79 Å². The van der Waals surface area contributed by atoms with Crippen LogP contribution < -0.4 is 11.1 Å². The fourth-order valence-electron chi connectivity index (χ4n) is 4.38. The monoisotopic (exact) mass is 383 g/mol. The van der Waals surface area contributed by atoms with Crippen LogP contribution in [-0.4, -0.2) is 23.3 Å². The molecule has 1 aliphatic rings. The summed E-state index contributed by atoms with van der Waals surface area (Å²) < 4.78 is 15.1. The summed E-state index contributed by atoms with van der Waals surface area (Å²) in [5, 5.41) is 3.62. The summed E-state index contributed by atoms with van der Waals surface area (Å²) in [6, 6.07) is 1.26. The quantitative estimate of drug-likeness (QED) is 0.706. The number of carbonyl (C=O) groups is 2. The fourth-order valence-corrected chi connectivity index (χ4v) is 4.38. The van der Waals surface area contributed by atoms with E-state index in [1.807, 2.05) is 13.8 Å². The van der Waals surface area contributed by atoms with E-state index in [4.69, 9.17) is 5.73 Å². The Hall–Kier alpha value is -2.81. The topological polar surface area (TPSA) is 88.0 Å². The summed E-state index contributed by atoms with van der Waals surface area (Å²) in [7, 11) is 0. The standard InChI is InChI=1S/C22H26FN3O2/c1-4-6-18(27)25-11-14-7-5-8-15(9-14)20-17(23)10-16(22(24)28)21-19(20)12(2)13(3)26-21/h10,14-15,26H,5,7-9,11H2,1-3H3,(H2,24,28)(H,25,27)/t14-,15?/m0/s1. The molecular weight excluding hydrogens is 357 g/mol. The molecule has 0 saturated heterocycles. The van der Waals surface area contributed by atoms with E-state index in [-0.39, 0.29) is 29.1 Å². The van der Waals surface area contributed by atoms with Gasteiger partial charge in [0, 0.05) is 23.2 Å². The molecule has 0 spiro atoms. The molecule has 2 atom stereocenters. The van der Waals surface area contributed by atoms with Gasteiger partial charge in [0.1, 0.15) is 5.82 Å². The molecular formula is C22H26FN3O2. The number of primary amides is 1. The van der Waals surface area contributed by atoms with E-state index in [9.17, 15) is 9.59 Å². The van der Waals surface area contributed by atoms with Gasteiger partial charge in [0.2, 0.25) is 0 Å². The Morgan fingerprint density at radius 2 is 2.11 bits per heavy atom. The highest BCUT2D eigenvalue weighted by Gasteiger charge is 2.29. The number of H-pyrrole nitrogens is 1. The molecule has 1 heterocycles. The van der Waals surface area contributed by atoms with E-state index in [1.165, 1.54) is 6.07 Å². The summed E-state index contributed by atoms with van der Waals surface area (Å²) in [4.78, 5) is 26.6. The average Bonchev–Trinajstić information content (AvgIpc) is 2.95. The number of benzene rings is 1. The minimum atomic E-state index is -0.641. The Balaban J connectivity index is 1.95. The van der Waals surface area contributed by atoms with Crippen molar-refractivity contribution >= 4 is 22.7 Å². The molecule has 2 aromatic rings. The van der Waals surface area contributed by atoms with E-state index < -0.39 is 5.91 Å². The summed E-state index contributed by atoms with van der Waals surface area (Å²) in [6.45, 7) is 6.02. The second kappa shape index (κ2) is 8.05. The van der Waals surface area contributed by atoms with Crippen LogP contribution in [0.5, 0.6) is 0 Å². The van der Waals surface area contributed by atoms with Gasteiger partial charge in [-0.05, 0) is 69.4 Å². The van der Waals surface area contributed by atoms with E-state index in [0.29, 0.717) is 17.6 Å². The third kappa shape index (κ3) is 3.75. The zero-order valence-electron chi connectivity index (χ0n) is 16.5. The molecule has 0 radical (unpaired) electrons. The molecule has 2 amide bonds. The maximum atomic E-state index is 15.1. The van der Waals surface area contributed by atoms with Gasteiger partial charge in [-0.25, -0.2) is 4.39 Å². The highest BCUT2D eigenvalue weighted by molar-refractivity contribution is 6.07. The van der Waals surface area contributed by atoms with Crippen LogP contribution in [0, 0.1) is 37.4 Å². The molecule has 1 unspecified atom stereocenters. The Bertz CT molecular complexity index is 997. The van der Waals surface area contributed by atoms with Crippen molar-refractivity contribution in [2.45, 2.75) is 52.4 Å². The molecule has 5 nitrogen and oxygen atoms in total. The normalized spacial score (nSPS) is 19.1. The first-order chi connectivity index (χ1) is 13.3. The molecule has 6 heteroatoms. The molecule has 28 heavy (non-hydrogen) atoms. The highest BCUT2D eigenvalue weighted by Crippen LogP contribution is 2.42. The Labute approximate surface area is 164 Å². The molecule has 1 saturated carbocycles. The number of halogens is 1. The number of hydrogen-bond acceptors (Lipinski definition) is 2. The minimum Gasteiger partial charge on any atom is -0.366 e. The number of aromatic amines is 1. The molecule has 0 aliphatic heterocycles. The van der Waals surface area contributed by atoms with Gasteiger partial charge in [-0.2, -0.15) is 0 Å². The van der Waals surface area contributed by atoms with E-state index >= 15 is 4.39 Å². The van der Waals surface area contributed by atoms with Gasteiger partial charge in [-0.1, -0.05) is 12.3 Å². The smallest absolute Gasteiger partial charge is 0.295 e. The summed E-state index contributed by atoms with van der Waals surface area (Å²) in [5.41, 5.74) is 8.79. The Kier molecular flexibility index (Phi) is 5.73. The van der Waals surface area contributed by atoms with Gasteiger partial charge >= 0.3 is 0 Å². The lowest BCUT2D eigenvalue weighted by Gasteiger charge is -2.30. The number of rotatable bonds is 4. The maximum absolute atomic E-state index is 15.1. The fraction of sp³-hybridized carbons (Fsp3) is 0.455. The van der Waals surface area contributed by atoms with Crippen LogP contribution >= 0.6 is 0 Å². The van der Waals surface area contributed by atoms with Gasteiger partial charge in [0.05, 0.1) is 11.1 Å². The Morgan fingerprint density at radius 1 is 1.36 bits per heavy atom. The lowest BCUT2D eigenvalue weighted by atomic mass is 9.76. The van der Waals surface area contributed by atoms with E-state index in [2.05, 4.69) is 22.1 Å². The molecule has 3 rings (SSSR count). The zero-order chi connectivity index (χ0) is 20.4. The van der Waals surface area contributed by atoms with Crippen molar-refractivity contribution in [2.24, 2.45) is 11.7 Å². The average molecular weight is 383 g/mol. The number of amides is 2. The van der Waals surface area contributed by atoms with Crippen LogP contribution in [0.3, 0.4) is 0 Å².